The van der Waals surface area contributed by atoms with Crippen molar-refractivity contribution >= 4 is 28.8 Å². The number of likely N-dealkylation sites (N-methyl/N-ethyl adjacent to an activating group) is 1. The molecule has 2 heterocycles. The summed E-state index contributed by atoms with van der Waals surface area (Å²) in [4.78, 5) is 14.8. The number of carbonyl (C=O) groups excluding carboxylic acids is 1. The van der Waals surface area contributed by atoms with Gasteiger partial charge in [-0.15, -0.1) is 11.3 Å². The molecule has 18 heavy (non-hydrogen) atoms. The topological polar surface area (TPSA) is 41.6 Å². The first kappa shape index (κ1) is 13.8. The van der Waals surface area contributed by atoms with Crippen molar-refractivity contribution in [1.82, 2.24) is 10.2 Å². The van der Waals surface area contributed by atoms with Gasteiger partial charge in [0.25, 0.3) is 5.91 Å². The van der Waals surface area contributed by atoms with Crippen LogP contribution in [0.3, 0.4) is 0 Å². The lowest BCUT2D eigenvalue weighted by Gasteiger charge is -2.32. The standard InChI is InChI=1S/C12H17ClN2O2S/c1-8-7-18-11(10(8)13)12(16)15-3-4-17-9(6-15)5-14-2/h7,9,14H,3-6H2,1-2H3. The van der Waals surface area contributed by atoms with E-state index in [9.17, 15) is 4.79 Å². The summed E-state index contributed by atoms with van der Waals surface area (Å²) in [5, 5.41) is 5.57. The van der Waals surface area contributed by atoms with Crippen LogP contribution >= 0.6 is 22.9 Å². The van der Waals surface area contributed by atoms with Crippen LogP contribution in [-0.2, 0) is 4.74 Å². The number of morpholine rings is 1. The zero-order valence-electron chi connectivity index (χ0n) is 10.5. The van der Waals surface area contributed by atoms with Crippen molar-refractivity contribution in [2.24, 2.45) is 0 Å². The van der Waals surface area contributed by atoms with E-state index in [1.165, 1.54) is 11.3 Å². The first-order valence-corrected chi connectivity index (χ1v) is 7.18. The smallest absolute Gasteiger partial charge is 0.265 e. The highest BCUT2D eigenvalue weighted by Crippen LogP contribution is 2.28. The summed E-state index contributed by atoms with van der Waals surface area (Å²) in [5.74, 6) is 0.0162. The van der Waals surface area contributed by atoms with Crippen molar-refractivity contribution in [2.75, 3.05) is 33.3 Å². The predicted molar refractivity (Wildman–Crippen MR) is 73.6 cm³/mol. The van der Waals surface area contributed by atoms with E-state index in [1.54, 1.807) is 0 Å². The highest BCUT2D eigenvalue weighted by atomic mass is 35.5. The molecule has 2 rings (SSSR count). The zero-order chi connectivity index (χ0) is 13.1. The van der Waals surface area contributed by atoms with Crippen LogP contribution in [0.25, 0.3) is 0 Å². The molecule has 0 saturated carbocycles. The average Bonchev–Trinajstić information content (AvgIpc) is 2.70. The molecule has 1 atom stereocenters. The summed E-state index contributed by atoms with van der Waals surface area (Å²) in [6.07, 6.45) is 0.0625. The molecule has 6 heteroatoms. The summed E-state index contributed by atoms with van der Waals surface area (Å²) in [6.45, 7) is 4.50. The summed E-state index contributed by atoms with van der Waals surface area (Å²) < 4.78 is 5.58. The molecule has 0 radical (unpaired) electrons. The quantitative estimate of drug-likeness (QED) is 0.922. The highest BCUT2D eigenvalue weighted by molar-refractivity contribution is 7.13. The molecule has 1 aliphatic rings. The van der Waals surface area contributed by atoms with E-state index in [1.807, 2.05) is 24.3 Å². The van der Waals surface area contributed by atoms with Gasteiger partial charge in [-0.3, -0.25) is 4.79 Å². The number of carbonyl (C=O) groups is 1. The third kappa shape index (κ3) is 2.85. The van der Waals surface area contributed by atoms with E-state index in [-0.39, 0.29) is 12.0 Å². The van der Waals surface area contributed by atoms with Crippen LogP contribution in [0.15, 0.2) is 5.38 Å². The second kappa shape index (κ2) is 6.02. The molecule has 1 aliphatic heterocycles. The van der Waals surface area contributed by atoms with Gasteiger partial charge in [-0.1, -0.05) is 11.6 Å². The SMILES string of the molecule is CNCC1CN(C(=O)c2scc(C)c2Cl)CCO1. The monoisotopic (exact) mass is 288 g/mol. The van der Waals surface area contributed by atoms with Crippen LogP contribution < -0.4 is 5.32 Å². The number of aryl methyl sites for hydroxylation is 1. The lowest BCUT2D eigenvalue weighted by atomic mass is 10.2. The van der Waals surface area contributed by atoms with Crippen LogP contribution in [0.4, 0.5) is 0 Å². The molecule has 1 N–H and O–H groups in total. The largest absolute Gasteiger partial charge is 0.373 e. The molecular formula is C12H17ClN2O2S. The summed E-state index contributed by atoms with van der Waals surface area (Å²) in [6, 6.07) is 0. The molecule has 1 aromatic heterocycles. The predicted octanol–water partition coefficient (Wildman–Crippen LogP) is 1.77. The Kier molecular flexibility index (Phi) is 4.61. The Morgan fingerprint density at radius 3 is 3.11 bits per heavy atom. The van der Waals surface area contributed by atoms with Gasteiger partial charge in [0.2, 0.25) is 0 Å². The summed E-state index contributed by atoms with van der Waals surface area (Å²) in [5.41, 5.74) is 0.963. The van der Waals surface area contributed by atoms with E-state index in [0.29, 0.717) is 29.6 Å². The van der Waals surface area contributed by atoms with Crippen LogP contribution in [-0.4, -0.2) is 50.2 Å². The highest BCUT2D eigenvalue weighted by Gasteiger charge is 2.27. The van der Waals surface area contributed by atoms with E-state index in [0.717, 1.165) is 12.1 Å². The Hall–Kier alpha value is -0.620. The number of amides is 1. The van der Waals surface area contributed by atoms with Crippen LogP contribution in [0, 0.1) is 6.92 Å². The minimum Gasteiger partial charge on any atom is -0.373 e. The summed E-state index contributed by atoms with van der Waals surface area (Å²) in [7, 11) is 1.88. The fourth-order valence-electron chi connectivity index (χ4n) is 1.97. The molecule has 1 amide bonds. The van der Waals surface area contributed by atoms with Crippen LogP contribution in [0.2, 0.25) is 5.02 Å². The fraction of sp³-hybridized carbons (Fsp3) is 0.583. The molecule has 0 spiro atoms. The minimum atomic E-state index is 0.0162. The first-order chi connectivity index (χ1) is 8.63. The van der Waals surface area contributed by atoms with Gasteiger partial charge in [-0.25, -0.2) is 0 Å². The van der Waals surface area contributed by atoms with Gasteiger partial charge in [0.05, 0.1) is 17.7 Å². The Bertz CT molecular complexity index is 434. The molecule has 100 valence electrons. The molecule has 1 fully saturated rings. The maximum atomic E-state index is 12.4. The lowest BCUT2D eigenvalue weighted by Crippen LogP contribution is -2.48. The van der Waals surface area contributed by atoms with Crippen molar-refractivity contribution in [3.63, 3.8) is 0 Å². The van der Waals surface area contributed by atoms with Crippen LogP contribution in [0.1, 0.15) is 15.2 Å². The van der Waals surface area contributed by atoms with Gasteiger partial charge >= 0.3 is 0 Å². The minimum absolute atomic E-state index is 0.0162. The fourth-order valence-corrected chi connectivity index (χ4v) is 3.21. The van der Waals surface area contributed by atoms with Gasteiger partial charge in [0, 0.05) is 19.6 Å². The number of hydrogen-bond donors (Lipinski definition) is 1. The number of ether oxygens (including phenoxy) is 1. The number of rotatable bonds is 3. The number of thiophene rings is 1. The first-order valence-electron chi connectivity index (χ1n) is 5.92. The Balaban J connectivity index is 2.07. The third-order valence-electron chi connectivity index (χ3n) is 2.95. The third-order valence-corrected chi connectivity index (χ3v) is 4.64. The number of nitrogens with one attached hydrogen (secondary N) is 1. The maximum Gasteiger partial charge on any atom is 0.265 e. The molecule has 0 bridgehead atoms. The Morgan fingerprint density at radius 1 is 1.72 bits per heavy atom. The normalized spacial score (nSPS) is 20.2. The van der Waals surface area contributed by atoms with Gasteiger partial charge in [-0.05, 0) is 24.9 Å². The second-order valence-corrected chi connectivity index (χ2v) is 5.62. The van der Waals surface area contributed by atoms with Gasteiger partial charge in [-0.2, -0.15) is 0 Å². The van der Waals surface area contributed by atoms with Crippen molar-refractivity contribution < 1.29 is 9.53 Å². The molecule has 0 aliphatic carbocycles. The van der Waals surface area contributed by atoms with Gasteiger partial charge < -0.3 is 15.0 Å². The van der Waals surface area contributed by atoms with E-state index in [4.69, 9.17) is 16.3 Å². The van der Waals surface area contributed by atoms with Gasteiger partial charge in [0.15, 0.2) is 0 Å². The van der Waals surface area contributed by atoms with E-state index in [2.05, 4.69) is 5.32 Å². The van der Waals surface area contributed by atoms with Crippen molar-refractivity contribution in [3.8, 4) is 0 Å². The molecule has 4 nitrogen and oxygen atoms in total. The average molecular weight is 289 g/mol. The maximum absolute atomic E-state index is 12.4. The lowest BCUT2D eigenvalue weighted by molar-refractivity contribution is -0.0194. The molecule has 1 aromatic rings. The zero-order valence-corrected chi connectivity index (χ0v) is 12.1. The Labute approximate surface area is 116 Å². The number of hydrogen-bond acceptors (Lipinski definition) is 4. The summed E-state index contributed by atoms with van der Waals surface area (Å²) >= 11 is 7.55. The number of nitrogens with zero attached hydrogens (tertiary/aromatic N) is 1. The molecule has 1 unspecified atom stereocenters. The van der Waals surface area contributed by atoms with Gasteiger partial charge in [0.1, 0.15) is 4.88 Å². The van der Waals surface area contributed by atoms with E-state index < -0.39 is 0 Å². The van der Waals surface area contributed by atoms with Crippen molar-refractivity contribution in [2.45, 2.75) is 13.0 Å². The van der Waals surface area contributed by atoms with Crippen LogP contribution in [0.5, 0.6) is 0 Å². The molecule has 1 saturated heterocycles. The molecule has 0 aromatic carbocycles. The molecular weight excluding hydrogens is 272 g/mol. The van der Waals surface area contributed by atoms with Crippen molar-refractivity contribution in [1.29, 1.82) is 0 Å². The van der Waals surface area contributed by atoms with E-state index >= 15 is 0 Å². The second-order valence-electron chi connectivity index (χ2n) is 4.36. The van der Waals surface area contributed by atoms with Crippen molar-refractivity contribution in [3.05, 3.63) is 20.8 Å². The Morgan fingerprint density at radius 2 is 2.50 bits per heavy atom. The number of halogens is 1.